The summed E-state index contributed by atoms with van der Waals surface area (Å²) in [5, 5.41) is 2.92. The number of carbonyl (C=O) groups is 2. The number of hydrogen-bond acceptors (Lipinski definition) is 3. The van der Waals surface area contributed by atoms with Crippen LogP contribution >= 0.6 is 0 Å². The van der Waals surface area contributed by atoms with E-state index < -0.39 is 0 Å². The molecule has 5 heteroatoms. The number of ether oxygens (including phenoxy) is 1. The van der Waals surface area contributed by atoms with Gasteiger partial charge in [0.1, 0.15) is 11.5 Å². The third kappa shape index (κ3) is 4.61. The van der Waals surface area contributed by atoms with Crippen LogP contribution in [-0.4, -0.2) is 18.4 Å². The van der Waals surface area contributed by atoms with Crippen LogP contribution in [0.1, 0.15) is 23.1 Å². The van der Waals surface area contributed by atoms with Gasteiger partial charge in [-0.05, 0) is 74.4 Å². The van der Waals surface area contributed by atoms with Crippen molar-refractivity contribution in [2.45, 2.75) is 27.2 Å². The van der Waals surface area contributed by atoms with Gasteiger partial charge in [-0.3, -0.25) is 9.59 Å². The Morgan fingerprint density at radius 2 is 1.68 bits per heavy atom. The number of aryl methyl sites for hydroxylation is 2. The molecule has 0 saturated carbocycles. The summed E-state index contributed by atoms with van der Waals surface area (Å²) < 4.78 is 5.97. The molecule has 31 heavy (non-hydrogen) atoms. The molecule has 1 heterocycles. The van der Waals surface area contributed by atoms with Crippen molar-refractivity contribution in [2.24, 2.45) is 5.92 Å². The minimum atomic E-state index is -0.375. The zero-order valence-electron chi connectivity index (χ0n) is 18.0. The third-order valence-electron chi connectivity index (χ3n) is 5.75. The van der Waals surface area contributed by atoms with E-state index in [-0.39, 0.29) is 24.2 Å². The Balaban J connectivity index is 1.38. The second-order valence-corrected chi connectivity index (χ2v) is 8.05. The third-order valence-corrected chi connectivity index (χ3v) is 5.75. The maximum atomic E-state index is 12.7. The summed E-state index contributed by atoms with van der Waals surface area (Å²) in [4.78, 5) is 26.8. The first kappa shape index (κ1) is 20.7. The van der Waals surface area contributed by atoms with E-state index in [2.05, 4.69) is 18.3 Å². The van der Waals surface area contributed by atoms with Gasteiger partial charge in [-0.15, -0.1) is 0 Å². The quantitative estimate of drug-likeness (QED) is 0.608. The Morgan fingerprint density at radius 3 is 2.39 bits per heavy atom. The highest BCUT2D eigenvalue weighted by molar-refractivity contribution is 6.03. The largest absolute Gasteiger partial charge is 0.457 e. The second-order valence-electron chi connectivity index (χ2n) is 8.05. The van der Waals surface area contributed by atoms with E-state index in [1.165, 1.54) is 5.56 Å². The highest BCUT2D eigenvalue weighted by Crippen LogP contribution is 2.29. The normalized spacial score (nSPS) is 15.8. The number of benzene rings is 3. The van der Waals surface area contributed by atoms with Crippen molar-refractivity contribution in [1.29, 1.82) is 0 Å². The van der Waals surface area contributed by atoms with Crippen molar-refractivity contribution in [3.05, 3.63) is 83.4 Å². The molecule has 0 aliphatic carbocycles. The van der Waals surface area contributed by atoms with Crippen molar-refractivity contribution in [3.8, 4) is 11.5 Å². The van der Waals surface area contributed by atoms with Gasteiger partial charge in [0.2, 0.25) is 11.8 Å². The first-order valence-electron chi connectivity index (χ1n) is 10.4. The predicted molar refractivity (Wildman–Crippen MR) is 123 cm³/mol. The fraction of sp³-hybridized carbons (Fsp3) is 0.231. The van der Waals surface area contributed by atoms with Crippen LogP contribution in [0.5, 0.6) is 11.5 Å². The molecule has 1 saturated heterocycles. The molecule has 1 aliphatic rings. The van der Waals surface area contributed by atoms with Crippen LogP contribution in [-0.2, 0) is 9.59 Å². The predicted octanol–water partition coefficient (Wildman–Crippen LogP) is 5.40. The van der Waals surface area contributed by atoms with E-state index in [0.717, 1.165) is 22.6 Å². The highest BCUT2D eigenvalue weighted by Gasteiger charge is 2.35. The number of nitrogens with one attached hydrogen (secondary N) is 1. The summed E-state index contributed by atoms with van der Waals surface area (Å²) in [6.45, 7) is 6.47. The van der Waals surface area contributed by atoms with Gasteiger partial charge >= 0.3 is 0 Å². The summed E-state index contributed by atoms with van der Waals surface area (Å²) in [6, 6.07) is 21.0. The summed E-state index contributed by atoms with van der Waals surface area (Å²) in [6.07, 6.45) is 0.216. The number of hydrogen-bond donors (Lipinski definition) is 1. The Morgan fingerprint density at radius 1 is 0.968 bits per heavy atom. The van der Waals surface area contributed by atoms with E-state index >= 15 is 0 Å². The molecule has 2 amide bonds. The lowest BCUT2D eigenvalue weighted by molar-refractivity contribution is -0.122. The molecule has 0 bridgehead atoms. The number of anilines is 2. The molecular weight excluding hydrogens is 388 g/mol. The molecule has 3 aromatic carbocycles. The van der Waals surface area contributed by atoms with Crippen molar-refractivity contribution in [3.63, 3.8) is 0 Å². The molecule has 0 radical (unpaired) electrons. The maximum absolute atomic E-state index is 12.7. The maximum Gasteiger partial charge on any atom is 0.229 e. The molecule has 5 nitrogen and oxygen atoms in total. The summed E-state index contributed by atoms with van der Waals surface area (Å²) in [5.41, 5.74) is 4.92. The van der Waals surface area contributed by atoms with Crippen LogP contribution in [0, 0.1) is 26.7 Å². The van der Waals surface area contributed by atoms with Gasteiger partial charge in [0.25, 0.3) is 0 Å². The minimum Gasteiger partial charge on any atom is -0.457 e. The van der Waals surface area contributed by atoms with Crippen molar-refractivity contribution in [2.75, 3.05) is 16.8 Å². The molecule has 3 aromatic rings. The molecule has 0 spiro atoms. The van der Waals surface area contributed by atoms with Gasteiger partial charge < -0.3 is 15.0 Å². The number of rotatable bonds is 5. The second kappa shape index (κ2) is 8.64. The standard InChI is InChI=1S/C26H26N2O3/c1-17-7-11-22(12-8-17)28-16-20(15-25(28)29)26(30)27-21-9-13-23(14-10-21)31-24-6-4-5-18(2)19(24)3/h4-14,20H,15-16H2,1-3H3,(H,27,30)/t20-/m0/s1. The van der Waals surface area contributed by atoms with Gasteiger partial charge in [0.15, 0.2) is 0 Å². The van der Waals surface area contributed by atoms with Gasteiger partial charge in [-0.2, -0.15) is 0 Å². The van der Waals surface area contributed by atoms with Crippen LogP contribution < -0.4 is 15.0 Å². The lowest BCUT2D eigenvalue weighted by Crippen LogP contribution is -2.28. The van der Waals surface area contributed by atoms with E-state index in [0.29, 0.717) is 18.0 Å². The summed E-state index contributed by atoms with van der Waals surface area (Å²) in [5.74, 6) is 0.970. The molecule has 158 valence electrons. The Bertz CT molecular complexity index is 1100. The van der Waals surface area contributed by atoms with Crippen LogP contribution in [0.15, 0.2) is 66.7 Å². The van der Waals surface area contributed by atoms with Crippen LogP contribution in [0.3, 0.4) is 0 Å². The van der Waals surface area contributed by atoms with E-state index in [4.69, 9.17) is 4.74 Å². The monoisotopic (exact) mass is 414 g/mol. The molecule has 1 aliphatic heterocycles. The number of amides is 2. The summed E-state index contributed by atoms with van der Waals surface area (Å²) in [7, 11) is 0. The molecule has 1 fully saturated rings. The zero-order valence-corrected chi connectivity index (χ0v) is 18.0. The van der Waals surface area contributed by atoms with Crippen molar-refractivity contribution < 1.29 is 14.3 Å². The van der Waals surface area contributed by atoms with E-state index in [1.54, 1.807) is 4.90 Å². The van der Waals surface area contributed by atoms with Gasteiger partial charge in [0, 0.05) is 24.3 Å². The van der Waals surface area contributed by atoms with E-state index in [1.807, 2.05) is 74.5 Å². The van der Waals surface area contributed by atoms with Crippen molar-refractivity contribution >= 4 is 23.2 Å². The van der Waals surface area contributed by atoms with E-state index in [9.17, 15) is 9.59 Å². The average Bonchev–Trinajstić information content (AvgIpc) is 3.15. The Kier molecular flexibility index (Phi) is 5.76. The number of carbonyl (C=O) groups excluding carboxylic acids is 2. The van der Waals surface area contributed by atoms with Crippen LogP contribution in [0.4, 0.5) is 11.4 Å². The van der Waals surface area contributed by atoms with Gasteiger partial charge in [0.05, 0.1) is 5.92 Å². The Labute approximate surface area is 182 Å². The topological polar surface area (TPSA) is 58.6 Å². The van der Waals surface area contributed by atoms with Gasteiger partial charge in [-0.1, -0.05) is 29.8 Å². The lowest BCUT2D eigenvalue weighted by Gasteiger charge is -2.17. The summed E-state index contributed by atoms with van der Waals surface area (Å²) >= 11 is 0. The molecular formula is C26H26N2O3. The molecule has 1 atom stereocenters. The van der Waals surface area contributed by atoms with Gasteiger partial charge in [-0.25, -0.2) is 0 Å². The molecule has 4 rings (SSSR count). The lowest BCUT2D eigenvalue weighted by atomic mass is 10.1. The zero-order chi connectivity index (χ0) is 22.0. The first-order valence-corrected chi connectivity index (χ1v) is 10.4. The molecule has 0 unspecified atom stereocenters. The Hall–Kier alpha value is -3.60. The van der Waals surface area contributed by atoms with Crippen molar-refractivity contribution in [1.82, 2.24) is 0 Å². The first-order chi connectivity index (χ1) is 14.9. The molecule has 0 aromatic heterocycles. The smallest absolute Gasteiger partial charge is 0.229 e. The van der Waals surface area contributed by atoms with Crippen LogP contribution in [0.25, 0.3) is 0 Å². The SMILES string of the molecule is Cc1ccc(N2C[C@@H](C(=O)Nc3ccc(Oc4cccc(C)c4C)cc3)CC2=O)cc1. The average molecular weight is 415 g/mol. The van der Waals surface area contributed by atoms with Crippen LogP contribution in [0.2, 0.25) is 0 Å². The minimum absolute atomic E-state index is 0.0266. The molecule has 1 N–H and O–H groups in total. The fourth-order valence-electron chi connectivity index (χ4n) is 3.67. The number of nitrogens with zero attached hydrogens (tertiary/aromatic N) is 1. The highest BCUT2D eigenvalue weighted by atomic mass is 16.5. The fourth-order valence-corrected chi connectivity index (χ4v) is 3.67.